The van der Waals surface area contributed by atoms with Crippen LogP contribution in [0.3, 0.4) is 0 Å². The van der Waals surface area contributed by atoms with Crippen molar-refractivity contribution in [2.45, 2.75) is 37.6 Å². The van der Waals surface area contributed by atoms with E-state index >= 15 is 0 Å². The van der Waals surface area contributed by atoms with E-state index in [1.807, 2.05) is 0 Å². The average molecular weight is 229 g/mol. The van der Waals surface area contributed by atoms with Crippen LogP contribution in [-0.2, 0) is 5.41 Å². The highest BCUT2D eigenvalue weighted by atomic mass is 19.2. The predicted octanol–water partition coefficient (Wildman–Crippen LogP) is 2.87. The van der Waals surface area contributed by atoms with Gasteiger partial charge >= 0.3 is 0 Å². The standard InChI is InChI=1S/C12H14F3N/c1-11(2,12(16)5-6-12)9-7(13)3-4-8(14)10(9)15/h3-4H,5-6,16H2,1-2H3. The molecule has 0 atom stereocenters. The van der Waals surface area contributed by atoms with Crippen molar-refractivity contribution in [3.8, 4) is 0 Å². The summed E-state index contributed by atoms with van der Waals surface area (Å²) in [4.78, 5) is 0. The molecule has 2 rings (SSSR count). The minimum absolute atomic E-state index is 0.243. The maximum atomic E-state index is 13.6. The third-order valence-electron chi connectivity index (χ3n) is 3.70. The third-order valence-corrected chi connectivity index (χ3v) is 3.70. The molecule has 1 aromatic rings. The Labute approximate surface area is 92.5 Å². The number of hydrogen-bond acceptors (Lipinski definition) is 1. The molecule has 1 aliphatic rings. The van der Waals surface area contributed by atoms with Gasteiger partial charge in [-0.1, -0.05) is 13.8 Å². The van der Waals surface area contributed by atoms with Crippen molar-refractivity contribution >= 4 is 0 Å². The van der Waals surface area contributed by atoms with E-state index in [1.54, 1.807) is 13.8 Å². The molecule has 2 N–H and O–H groups in total. The quantitative estimate of drug-likeness (QED) is 0.775. The molecule has 0 saturated heterocycles. The van der Waals surface area contributed by atoms with E-state index in [1.165, 1.54) is 0 Å². The van der Waals surface area contributed by atoms with Gasteiger partial charge in [0.2, 0.25) is 0 Å². The lowest BCUT2D eigenvalue weighted by Crippen LogP contribution is -2.44. The van der Waals surface area contributed by atoms with Crippen molar-refractivity contribution in [3.05, 3.63) is 35.1 Å². The van der Waals surface area contributed by atoms with E-state index in [-0.39, 0.29) is 5.56 Å². The molecule has 1 saturated carbocycles. The zero-order valence-corrected chi connectivity index (χ0v) is 9.28. The summed E-state index contributed by atoms with van der Waals surface area (Å²) >= 11 is 0. The number of halogens is 3. The van der Waals surface area contributed by atoms with Gasteiger partial charge in [-0.15, -0.1) is 0 Å². The Bertz CT molecular complexity index is 436. The summed E-state index contributed by atoms with van der Waals surface area (Å²) in [5.41, 5.74) is 4.22. The average Bonchev–Trinajstić information content (AvgIpc) is 2.92. The van der Waals surface area contributed by atoms with Gasteiger partial charge in [-0.2, -0.15) is 0 Å². The van der Waals surface area contributed by atoms with Gasteiger partial charge in [-0.25, -0.2) is 13.2 Å². The van der Waals surface area contributed by atoms with Crippen LogP contribution < -0.4 is 5.73 Å². The van der Waals surface area contributed by atoms with Gasteiger partial charge in [0.25, 0.3) is 0 Å². The van der Waals surface area contributed by atoms with E-state index in [4.69, 9.17) is 5.73 Å². The Morgan fingerprint density at radius 2 is 1.62 bits per heavy atom. The van der Waals surface area contributed by atoms with Crippen LogP contribution in [-0.4, -0.2) is 5.54 Å². The second kappa shape index (κ2) is 3.23. The van der Waals surface area contributed by atoms with Crippen LogP contribution in [0.4, 0.5) is 13.2 Å². The fraction of sp³-hybridized carbons (Fsp3) is 0.500. The number of benzene rings is 1. The summed E-state index contributed by atoms with van der Waals surface area (Å²) in [6.07, 6.45) is 1.41. The zero-order chi connectivity index (χ0) is 12.1. The molecule has 0 heterocycles. The first-order valence-corrected chi connectivity index (χ1v) is 5.22. The molecule has 0 unspecified atom stereocenters. The van der Waals surface area contributed by atoms with Crippen molar-refractivity contribution < 1.29 is 13.2 Å². The van der Waals surface area contributed by atoms with Gasteiger partial charge in [-0.05, 0) is 25.0 Å². The number of rotatable bonds is 2. The van der Waals surface area contributed by atoms with Gasteiger partial charge in [0.05, 0.1) is 0 Å². The fourth-order valence-electron chi connectivity index (χ4n) is 2.11. The molecule has 1 nitrogen and oxygen atoms in total. The maximum Gasteiger partial charge on any atom is 0.165 e. The minimum Gasteiger partial charge on any atom is -0.324 e. The normalized spacial score (nSPS) is 18.6. The third kappa shape index (κ3) is 1.44. The van der Waals surface area contributed by atoms with Gasteiger partial charge in [-0.3, -0.25) is 0 Å². The molecule has 0 amide bonds. The van der Waals surface area contributed by atoms with Gasteiger partial charge < -0.3 is 5.73 Å². The Morgan fingerprint density at radius 3 is 2.12 bits per heavy atom. The summed E-state index contributed by atoms with van der Waals surface area (Å²) in [6, 6.07) is 1.74. The van der Waals surface area contributed by atoms with E-state index in [0.29, 0.717) is 12.8 Å². The largest absolute Gasteiger partial charge is 0.324 e. The molecule has 0 aliphatic heterocycles. The topological polar surface area (TPSA) is 26.0 Å². The molecule has 4 heteroatoms. The van der Waals surface area contributed by atoms with Gasteiger partial charge in [0.15, 0.2) is 11.6 Å². The Morgan fingerprint density at radius 1 is 1.12 bits per heavy atom. The highest BCUT2D eigenvalue weighted by molar-refractivity contribution is 5.35. The minimum atomic E-state index is -1.12. The molecule has 0 bridgehead atoms. The van der Waals surface area contributed by atoms with Crippen LogP contribution in [0.15, 0.2) is 12.1 Å². The van der Waals surface area contributed by atoms with Crippen LogP contribution >= 0.6 is 0 Å². The molecule has 0 radical (unpaired) electrons. The summed E-state index contributed by atoms with van der Waals surface area (Å²) in [6.45, 7) is 3.31. The van der Waals surface area contributed by atoms with E-state index in [9.17, 15) is 13.2 Å². The van der Waals surface area contributed by atoms with Crippen molar-refractivity contribution in [2.24, 2.45) is 5.73 Å². The van der Waals surface area contributed by atoms with Crippen LogP contribution in [0, 0.1) is 17.5 Å². The summed E-state index contributed by atoms with van der Waals surface area (Å²) < 4.78 is 40.4. The summed E-state index contributed by atoms with van der Waals surface area (Å²) in [7, 11) is 0. The molecule has 0 spiro atoms. The first-order valence-electron chi connectivity index (χ1n) is 5.22. The van der Waals surface area contributed by atoms with E-state index < -0.39 is 28.4 Å². The fourth-order valence-corrected chi connectivity index (χ4v) is 2.11. The Kier molecular flexibility index (Phi) is 2.31. The van der Waals surface area contributed by atoms with Crippen molar-refractivity contribution in [2.75, 3.05) is 0 Å². The maximum absolute atomic E-state index is 13.6. The Balaban J connectivity index is 2.59. The molecule has 16 heavy (non-hydrogen) atoms. The highest BCUT2D eigenvalue weighted by Gasteiger charge is 2.54. The van der Waals surface area contributed by atoms with E-state index in [0.717, 1.165) is 12.1 Å². The number of hydrogen-bond donors (Lipinski definition) is 1. The zero-order valence-electron chi connectivity index (χ0n) is 9.28. The van der Waals surface area contributed by atoms with Crippen molar-refractivity contribution in [3.63, 3.8) is 0 Å². The van der Waals surface area contributed by atoms with Crippen LogP contribution in [0.5, 0.6) is 0 Å². The number of nitrogens with two attached hydrogens (primary N) is 1. The van der Waals surface area contributed by atoms with Gasteiger partial charge in [0, 0.05) is 16.5 Å². The lowest BCUT2D eigenvalue weighted by molar-refractivity contribution is 0.347. The molecule has 1 aromatic carbocycles. The highest BCUT2D eigenvalue weighted by Crippen LogP contribution is 2.50. The first kappa shape index (κ1) is 11.5. The van der Waals surface area contributed by atoms with Crippen LogP contribution in [0.25, 0.3) is 0 Å². The summed E-state index contributed by atoms with van der Waals surface area (Å²) in [5, 5.41) is 0. The van der Waals surface area contributed by atoms with Gasteiger partial charge in [0.1, 0.15) is 5.82 Å². The van der Waals surface area contributed by atoms with Crippen molar-refractivity contribution in [1.29, 1.82) is 0 Å². The molecule has 0 aromatic heterocycles. The monoisotopic (exact) mass is 229 g/mol. The molecular formula is C12H14F3N. The summed E-state index contributed by atoms with van der Waals surface area (Å²) in [5.74, 6) is -2.89. The first-order chi connectivity index (χ1) is 7.29. The second-order valence-corrected chi connectivity index (χ2v) is 5.00. The molecule has 1 fully saturated rings. The van der Waals surface area contributed by atoms with E-state index in [2.05, 4.69) is 0 Å². The van der Waals surface area contributed by atoms with Crippen LogP contribution in [0.1, 0.15) is 32.3 Å². The molecular weight excluding hydrogens is 215 g/mol. The smallest absolute Gasteiger partial charge is 0.165 e. The second-order valence-electron chi connectivity index (χ2n) is 5.00. The van der Waals surface area contributed by atoms with Crippen LogP contribution in [0.2, 0.25) is 0 Å². The lowest BCUT2D eigenvalue weighted by atomic mass is 9.75. The molecule has 88 valence electrons. The SMILES string of the molecule is CC(C)(c1c(F)ccc(F)c1F)C1(N)CC1. The Hall–Kier alpha value is -1.03. The lowest BCUT2D eigenvalue weighted by Gasteiger charge is -2.33. The predicted molar refractivity (Wildman–Crippen MR) is 55.5 cm³/mol. The molecule has 1 aliphatic carbocycles. The van der Waals surface area contributed by atoms with Crippen molar-refractivity contribution in [1.82, 2.24) is 0 Å².